The van der Waals surface area contributed by atoms with Crippen LogP contribution in [-0.2, 0) is 6.42 Å². The Morgan fingerprint density at radius 3 is 2.55 bits per heavy atom. The molecule has 1 heterocycles. The van der Waals surface area contributed by atoms with Gasteiger partial charge in [-0.25, -0.2) is 0 Å². The lowest BCUT2D eigenvalue weighted by Crippen LogP contribution is -2.16. The van der Waals surface area contributed by atoms with Crippen LogP contribution in [0.4, 0.5) is 5.69 Å². The molecular weight excluding hydrogens is 400 g/mol. The first-order valence-corrected chi connectivity index (χ1v) is 8.98. The normalized spacial score (nSPS) is 17.9. The monoisotopic (exact) mass is 409 g/mol. The Labute approximate surface area is 145 Å². The van der Waals surface area contributed by atoms with Crippen LogP contribution in [0.1, 0.15) is 29.3 Å². The van der Waals surface area contributed by atoms with Gasteiger partial charge < -0.3 is 5.32 Å². The fraction of sp³-hybridized carbons (Fsp3) is 0.286. The number of hydrogen-bond acceptors (Lipinski definition) is 2. The average Bonchev–Trinajstić information content (AvgIpc) is 2.74. The smallest absolute Gasteiger partial charge is 0.0724 e. The van der Waals surface area contributed by atoms with E-state index in [1.165, 1.54) is 20.6 Å². The molecule has 0 amide bonds. The first kappa shape index (κ1) is 15.0. The van der Waals surface area contributed by atoms with Crippen LogP contribution in [-0.4, -0.2) is 0 Å². The van der Waals surface area contributed by atoms with Gasteiger partial charge in [0.1, 0.15) is 0 Å². The van der Waals surface area contributed by atoms with Crippen molar-refractivity contribution in [1.29, 1.82) is 0 Å². The van der Waals surface area contributed by atoms with Crippen LogP contribution in [0.3, 0.4) is 0 Å². The van der Waals surface area contributed by atoms with Crippen LogP contribution in [0.5, 0.6) is 0 Å². The van der Waals surface area contributed by atoms with Gasteiger partial charge in [-0.05, 0) is 59.0 Å². The van der Waals surface area contributed by atoms with Gasteiger partial charge in [0.15, 0.2) is 0 Å². The number of benzene rings is 1. The zero-order valence-electron chi connectivity index (χ0n) is 10.4. The van der Waals surface area contributed by atoms with Crippen LogP contribution in [0.25, 0.3) is 0 Å². The summed E-state index contributed by atoms with van der Waals surface area (Å²) in [6, 6.07) is 5.86. The van der Waals surface area contributed by atoms with Crippen molar-refractivity contribution in [2.45, 2.75) is 25.3 Å². The van der Waals surface area contributed by atoms with Gasteiger partial charge >= 0.3 is 0 Å². The molecule has 0 aliphatic heterocycles. The van der Waals surface area contributed by atoms with Gasteiger partial charge in [-0.2, -0.15) is 0 Å². The lowest BCUT2D eigenvalue weighted by molar-refractivity contribution is 0.609. The van der Waals surface area contributed by atoms with Gasteiger partial charge in [0.25, 0.3) is 0 Å². The number of hydrogen-bond donors (Lipinski definition) is 1. The largest absolute Gasteiger partial charge is 0.376 e. The highest BCUT2D eigenvalue weighted by Crippen LogP contribution is 2.42. The second kappa shape index (κ2) is 6.05. The van der Waals surface area contributed by atoms with Gasteiger partial charge in [-0.15, -0.1) is 11.3 Å². The molecule has 0 bridgehead atoms. The van der Waals surface area contributed by atoms with Crippen LogP contribution in [0.2, 0.25) is 15.1 Å². The number of aryl methyl sites for hydroxylation is 1. The molecule has 1 unspecified atom stereocenters. The summed E-state index contributed by atoms with van der Waals surface area (Å²) in [7, 11) is 0. The summed E-state index contributed by atoms with van der Waals surface area (Å²) < 4.78 is 1.17. The molecule has 1 aromatic heterocycles. The molecule has 2 aromatic rings. The highest BCUT2D eigenvalue weighted by molar-refractivity contribution is 9.11. The lowest BCUT2D eigenvalue weighted by atomic mass is 9.94. The second-order valence-electron chi connectivity index (χ2n) is 4.76. The summed E-state index contributed by atoms with van der Waals surface area (Å²) in [5.74, 6) is 0. The fourth-order valence-electron chi connectivity index (χ4n) is 2.53. The van der Waals surface area contributed by atoms with E-state index in [4.69, 9.17) is 34.8 Å². The maximum Gasteiger partial charge on any atom is 0.0724 e. The third kappa shape index (κ3) is 2.97. The van der Waals surface area contributed by atoms with Crippen molar-refractivity contribution in [3.8, 4) is 0 Å². The van der Waals surface area contributed by atoms with E-state index in [1.807, 2.05) is 0 Å². The van der Waals surface area contributed by atoms with E-state index >= 15 is 0 Å². The van der Waals surface area contributed by atoms with E-state index in [0.717, 1.165) is 18.5 Å². The van der Waals surface area contributed by atoms with Crippen LogP contribution in [0, 0.1) is 0 Å². The summed E-state index contributed by atoms with van der Waals surface area (Å²) in [6.07, 6.45) is 3.39. The number of fused-ring (bicyclic) bond motifs is 1. The molecule has 0 saturated heterocycles. The minimum Gasteiger partial charge on any atom is -0.376 e. The van der Waals surface area contributed by atoms with Gasteiger partial charge in [0, 0.05) is 9.90 Å². The van der Waals surface area contributed by atoms with Crippen molar-refractivity contribution in [2.24, 2.45) is 0 Å². The van der Waals surface area contributed by atoms with Gasteiger partial charge in [-0.1, -0.05) is 34.8 Å². The first-order chi connectivity index (χ1) is 9.54. The maximum atomic E-state index is 6.25. The summed E-state index contributed by atoms with van der Waals surface area (Å²) in [4.78, 5) is 1.43. The highest BCUT2D eigenvalue weighted by atomic mass is 79.9. The Hall–Kier alpha value is 0.0700. The minimum atomic E-state index is 0.248. The van der Waals surface area contributed by atoms with E-state index in [9.17, 15) is 0 Å². The quantitative estimate of drug-likeness (QED) is 0.563. The molecule has 106 valence electrons. The van der Waals surface area contributed by atoms with E-state index in [0.29, 0.717) is 15.1 Å². The number of thiophene rings is 1. The molecule has 1 aliphatic rings. The molecule has 0 radical (unpaired) electrons. The molecule has 6 heteroatoms. The molecule has 1 nitrogen and oxygen atoms in total. The summed E-state index contributed by atoms with van der Waals surface area (Å²) >= 11 is 23.8. The second-order valence-corrected chi connectivity index (χ2v) is 8.53. The van der Waals surface area contributed by atoms with Crippen LogP contribution in [0.15, 0.2) is 22.0 Å². The molecule has 0 saturated carbocycles. The van der Waals surface area contributed by atoms with Gasteiger partial charge in [0.05, 0.1) is 25.6 Å². The van der Waals surface area contributed by atoms with Gasteiger partial charge in [0.2, 0.25) is 0 Å². The van der Waals surface area contributed by atoms with Crippen molar-refractivity contribution in [3.05, 3.63) is 47.5 Å². The molecule has 0 fully saturated rings. The van der Waals surface area contributed by atoms with E-state index in [2.05, 4.69) is 27.3 Å². The zero-order valence-corrected chi connectivity index (χ0v) is 15.0. The third-order valence-electron chi connectivity index (χ3n) is 3.41. The van der Waals surface area contributed by atoms with Crippen LogP contribution < -0.4 is 5.32 Å². The summed E-state index contributed by atoms with van der Waals surface area (Å²) in [6.45, 7) is 0. The predicted molar refractivity (Wildman–Crippen MR) is 92.8 cm³/mol. The number of halogens is 4. The zero-order chi connectivity index (χ0) is 14.3. The Morgan fingerprint density at radius 1 is 1.15 bits per heavy atom. The SMILES string of the molecule is Clc1cc(Cl)c(NC2CCCc3sc(Br)cc32)c(Cl)c1. The predicted octanol–water partition coefficient (Wildman–Crippen LogP) is 6.96. The van der Waals surface area contributed by atoms with E-state index in [1.54, 1.807) is 23.5 Å². The van der Waals surface area contributed by atoms with E-state index in [-0.39, 0.29) is 6.04 Å². The van der Waals surface area contributed by atoms with E-state index < -0.39 is 0 Å². The Kier molecular flexibility index (Phi) is 4.54. The Morgan fingerprint density at radius 2 is 1.85 bits per heavy atom. The first-order valence-electron chi connectivity index (χ1n) is 6.24. The molecule has 1 aromatic carbocycles. The summed E-state index contributed by atoms with van der Waals surface area (Å²) in [5.41, 5.74) is 2.10. The third-order valence-corrected chi connectivity index (χ3v) is 5.94. The molecular formula is C14H11BrCl3NS. The van der Waals surface area contributed by atoms with Crippen LogP contribution >= 0.6 is 62.1 Å². The number of rotatable bonds is 2. The minimum absolute atomic E-state index is 0.248. The molecule has 1 N–H and O–H groups in total. The van der Waals surface area contributed by atoms with Crippen molar-refractivity contribution < 1.29 is 0 Å². The summed E-state index contributed by atoms with van der Waals surface area (Å²) in [5, 5.41) is 5.15. The van der Waals surface area contributed by atoms with Crippen molar-refractivity contribution in [2.75, 3.05) is 5.32 Å². The van der Waals surface area contributed by atoms with Crippen molar-refractivity contribution in [1.82, 2.24) is 0 Å². The van der Waals surface area contributed by atoms with Gasteiger partial charge in [-0.3, -0.25) is 0 Å². The molecule has 1 aliphatic carbocycles. The molecule has 0 spiro atoms. The topological polar surface area (TPSA) is 12.0 Å². The Bertz CT molecular complexity index is 633. The number of nitrogens with one attached hydrogen (secondary N) is 1. The molecule has 1 atom stereocenters. The average molecular weight is 412 g/mol. The standard InChI is InChI=1S/C14H11BrCl3NS/c15-13-6-8-11(2-1-3-12(8)20-13)19-14-9(17)4-7(16)5-10(14)18/h4-6,11,19H,1-3H2. The Balaban J connectivity index is 1.93. The highest BCUT2D eigenvalue weighted by Gasteiger charge is 2.24. The molecule has 3 rings (SSSR count). The lowest BCUT2D eigenvalue weighted by Gasteiger charge is -2.25. The number of anilines is 1. The van der Waals surface area contributed by atoms with Crippen molar-refractivity contribution >= 4 is 67.8 Å². The molecule has 20 heavy (non-hydrogen) atoms. The maximum absolute atomic E-state index is 6.25. The fourth-order valence-corrected chi connectivity index (χ4v) is 5.27. The van der Waals surface area contributed by atoms with Crippen molar-refractivity contribution in [3.63, 3.8) is 0 Å².